The first-order chi connectivity index (χ1) is 40.8. The van der Waals surface area contributed by atoms with Crippen LogP contribution in [0.5, 0.6) is 0 Å². The highest BCUT2D eigenvalue weighted by Gasteiger charge is 2.44. The van der Waals surface area contributed by atoms with Crippen molar-refractivity contribution in [1.29, 1.82) is 0 Å². The molecule has 0 radical (unpaired) electrons. The van der Waals surface area contributed by atoms with Crippen molar-refractivity contribution in [3.8, 4) is 0 Å². The number of hydrogen-bond acceptors (Lipinski definition) is 15. The van der Waals surface area contributed by atoms with Crippen molar-refractivity contribution in [2.75, 3.05) is 31.1 Å². The van der Waals surface area contributed by atoms with Crippen LogP contribution in [0.4, 0.5) is 0 Å². The number of fused-ring (bicyclic) bond motifs is 1. The molecule has 4 aliphatic heterocycles. The third-order valence-corrected chi connectivity index (χ3v) is 17.4. The van der Waals surface area contributed by atoms with E-state index >= 15 is 14.4 Å². The Bertz CT molecular complexity index is 3060. The van der Waals surface area contributed by atoms with Crippen LogP contribution in [0.25, 0.3) is 10.9 Å². The van der Waals surface area contributed by atoms with E-state index in [0.29, 0.717) is 49.1 Å². The summed E-state index contributed by atoms with van der Waals surface area (Å²) >= 11 is 0. The quantitative estimate of drug-likeness (QED) is 0.0367. The number of guanidine groups is 1. The van der Waals surface area contributed by atoms with Gasteiger partial charge in [-0.05, 0) is 69.1 Å². The molecule has 0 unspecified atom stereocenters. The fourth-order valence-electron chi connectivity index (χ4n) is 10.7. The highest BCUT2D eigenvalue weighted by atomic mass is 33.1. The standard InChI is InChI=1S/C57H74N14O12S2/c1-32(72)46-18-10-24-70(46)56(83)47-19-11-25-71(47)55(82)45-31-85-84-30-44(63-33(2)73)54(81)65-40(20-21-48(74)75)50(77)68-43(28-36-14-8-22-60-36)53(80)66-41(26-34-12-4-3-5-13-34)51(78)64-39(17-9-23-61-57(58)59)49(76)67-42(52(79)69-45)27-35-29-62-38-16-7-6-15-37(35)38/h3-7,12-16,22,29,39-47,62H,8-11,17-21,23-28,30-31H2,1-2H3,(H,63,73)(H,64,78)(H,65,81)(H,66,80)(H,67,76)(H,68,77)(H,69,79)(H,74,75)(H4,58,59,61)/t39-,40-,41+,42-,43-,44-,45-,46-,47-/m0/s1. The van der Waals surface area contributed by atoms with Gasteiger partial charge in [-0.2, -0.15) is 0 Å². The summed E-state index contributed by atoms with van der Waals surface area (Å²) < 4.78 is 0. The van der Waals surface area contributed by atoms with Gasteiger partial charge in [0.15, 0.2) is 11.7 Å². The normalized spacial score (nSPS) is 24.9. The maximum atomic E-state index is 15.2. The van der Waals surface area contributed by atoms with Crippen LogP contribution in [0.15, 0.2) is 82.6 Å². The molecule has 28 heteroatoms. The number of amides is 9. The van der Waals surface area contributed by atoms with E-state index in [-0.39, 0.29) is 74.9 Å². The molecule has 2 aromatic carbocycles. The highest BCUT2D eigenvalue weighted by Crippen LogP contribution is 2.29. The van der Waals surface area contributed by atoms with Crippen LogP contribution in [-0.2, 0) is 65.6 Å². The number of aromatic nitrogens is 1. The second kappa shape index (κ2) is 31.0. The first-order valence-corrected chi connectivity index (χ1v) is 30.8. The number of para-hydroxylation sites is 1. The van der Waals surface area contributed by atoms with E-state index in [2.05, 4.69) is 52.2 Å². The Morgan fingerprint density at radius 3 is 1.91 bits per heavy atom. The number of likely N-dealkylation sites (tertiary alicyclic amines) is 2. The number of ketones is 1. The number of carboxylic acid groups (broad SMARTS) is 1. The molecule has 0 aliphatic carbocycles. The maximum absolute atomic E-state index is 15.2. The van der Waals surface area contributed by atoms with Crippen molar-refractivity contribution < 1.29 is 57.8 Å². The molecule has 13 N–H and O–H groups in total. The lowest BCUT2D eigenvalue weighted by Gasteiger charge is -2.33. The Balaban J connectivity index is 1.30. The summed E-state index contributed by atoms with van der Waals surface area (Å²) in [5, 5.41) is 29.5. The topological polar surface area (TPSA) is 391 Å². The number of nitrogens with zero attached hydrogens (tertiary/aromatic N) is 4. The number of Topliss-reactive ketones (excluding diaryl/α,β-unsaturated/α-hetero) is 1. The van der Waals surface area contributed by atoms with E-state index in [9.17, 15) is 43.5 Å². The van der Waals surface area contributed by atoms with Crippen LogP contribution in [0.3, 0.4) is 0 Å². The molecular formula is C57H74N14O12S2. The van der Waals surface area contributed by atoms with E-state index in [4.69, 9.17) is 11.5 Å². The number of H-pyrrole nitrogens is 1. The zero-order chi connectivity index (χ0) is 61.2. The molecule has 9 amide bonds. The second-order valence-corrected chi connectivity index (χ2v) is 23.8. The fourth-order valence-corrected chi connectivity index (χ4v) is 13.0. The Morgan fingerprint density at radius 2 is 1.26 bits per heavy atom. The third-order valence-electron chi connectivity index (χ3n) is 15.0. The largest absolute Gasteiger partial charge is 0.481 e. The van der Waals surface area contributed by atoms with Crippen molar-refractivity contribution in [2.24, 2.45) is 21.5 Å². The number of benzene rings is 2. The van der Waals surface area contributed by atoms with Crippen LogP contribution in [0.2, 0.25) is 0 Å². The van der Waals surface area contributed by atoms with Crippen molar-refractivity contribution in [3.63, 3.8) is 0 Å². The molecule has 3 saturated heterocycles. The number of aliphatic imine (C=N–C) groups is 2. The number of carbonyl (C=O) groups is 11. The van der Waals surface area contributed by atoms with Gasteiger partial charge < -0.3 is 68.6 Å². The molecule has 85 heavy (non-hydrogen) atoms. The summed E-state index contributed by atoms with van der Waals surface area (Å²) in [6.45, 7) is 3.06. The van der Waals surface area contributed by atoms with E-state index in [1.54, 1.807) is 54.9 Å². The number of rotatable bonds is 17. The van der Waals surface area contributed by atoms with Crippen molar-refractivity contribution in [2.45, 2.75) is 145 Å². The number of carbonyl (C=O) groups excluding carboxylic acids is 10. The number of nitrogens with two attached hydrogens (primary N) is 2. The van der Waals surface area contributed by atoms with E-state index in [0.717, 1.165) is 39.4 Å². The van der Waals surface area contributed by atoms with Crippen LogP contribution < -0.4 is 48.7 Å². The molecule has 3 aromatic rings. The summed E-state index contributed by atoms with van der Waals surface area (Å²) in [6.07, 6.45) is 5.67. The van der Waals surface area contributed by atoms with Gasteiger partial charge in [0.25, 0.3) is 0 Å². The number of hydrogen-bond donors (Lipinski definition) is 11. The Morgan fingerprint density at radius 1 is 0.682 bits per heavy atom. The predicted octanol–water partition coefficient (Wildman–Crippen LogP) is -0.000500. The Hall–Kier alpha value is -8.27. The van der Waals surface area contributed by atoms with Gasteiger partial charge in [-0.1, -0.05) is 76.2 Å². The molecule has 7 rings (SSSR count). The first kappa shape index (κ1) is 64.3. The first-order valence-electron chi connectivity index (χ1n) is 28.3. The minimum Gasteiger partial charge on any atom is -0.481 e. The van der Waals surface area contributed by atoms with Crippen LogP contribution in [0, 0.1) is 0 Å². The lowest BCUT2D eigenvalue weighted by molar-refractivity contribution is -0.147. The zero-order valence-electron chi connectivity index (χ0n) is 47.3. The van der Waals surface area contributed by atoms with Gasteiger partial charge in [-0.15, -0.1) is 0 Å². The van der Waals surface area contributed by atoms with Crippen molar-refractivity contribution >= 4 is 110 Å². The van der Waals surface area contributed by atoms with Crippen molar-refractivity contribution in [1.82, 2.24) is 52.0 Å². The summed E-state index contributed by atoms with van der Waals surface area (Å²) in [5.41, 5.74) is 13.6. The van der Waals surface area contributed by atoms with Gasteiger partial charge in [0.1, 0.15) is 48.3 Å². The molecule has 456 valence electrons. The molecule has 3 fully saturated rings. The van der Waals surface area contributed by atoms with Gasteiger partial charge in [0, 0.05) is 99.2 Å². The average Bonchev–Trinajstić information content (AvgIpc) is 3.89. The monoisotopic (exact) mass is 1210 g/mol. The number of aliphatic carboxylic acids is 1. The van der Waals surface area contributed by atoms with Gasteiger partial charge in [0.05, 0.1) is 6.04 Å². The predicted molar refractivity (Wildman–Crippen MR) is 319 cm³/mol. The number of carboxylic acids is 1. The molecule has 9 atom stereocenters. The zero-order valence-corrected chi connectivity index (χ0v) is 49.0. The average molecular weight is 1210 g/mol. The van der Waals surface area contributed by atoms with E-state index in [1.165, 1.54) is 16.7 Å². The number of nitrogens with one attached hydrogen (secondary N) is 8. The SMILES string of the molecule is CC(=O)N[C@H]1CSSC[C@@H](C(=O)N2CCC[C@H]2C(=O)N2CCC[C@H]2C(C)=O)NC(=O)[C@H](Cc2c[nH]c3ccccc23)NC(=O)[C@H](CCCN=C(N)N)NC(=O)[C@@H](Cc2ccccc2)NC(=O)[C@H](CC2=CCC=N2)NC(=O)[C@H](CCC(=O)O)NC1=O. The number of aromatic amines is 1. The highest BCUT2D eigenvalue weighted by molar-refractivity contribution is 8.76. The Labute approximate surface area is 498 Å². The van der Waals surface area contributed by atoms with Crippen LogP contribution in [-0.4, -0.2) is 182 Å². The minimum absolute atomic E-state index is 0.0250. The van der Waals surface area contributed by atoms with Gasteiger partial charge in [-0.25, -0.2) is 0 Å². The van der Waals surface area contributed by atoms with E-state index < -0.39 is 126 Å². The van der Waals surface area contributed by atoms with Crippen LogP contribution in [0.1, 0.15) is 89.2 Å². The molecule has 1 aromatic heterocycles. The van der Waals surface area contributed by atoms with Gasteiger partial charge >= 0.3 is 5.97 Å². The molecule has 0 bridgehead atoms. The molecule has 26 nitrogen and oxygen atoms in total. The van der Waals surface area contributed by atoms with Gasteiger partial charge in [-0.3, -0.25) is 62.7 Å². The molecule has 4 aliphatic rings. The molecular weight excluding hydrogens is 1140 g/mol. The third kappa shape index (κ3) is 18.4. The minimum atomic E-state index is -1.59. The summed E-state index contributed by atoms with van der Waals surface area (Å²) in [6, 6.07) is 4.12. The fraction of sp³-hybridized carbons (Fsp3) is 0.491. The van der Waals surface area contributed by atoms with Crippen LogP contribution >= 0.6 is 21.6 Å². The Kier molecular flexibility index (Phi) is 23.5. The maximum Gasteiger partial charge on any atom is 0.303 e. The molecule has 5 heterocycles. The van der Waals surface area contributed by atoms with Gasteiger partial charge in [0.2, 0.25) is 53.2 Å². The summed E-state index contributed by atoms with van der Waals surface area (Å²) in [4.78, 5) is 170. The smallest absolute Gasteiger partial charge is 0.303 e. The van der Waals surface area contributed by atoms with E-state index in [1.807, 2.05) is 18.2 Å². The molecule has 0 spiro atoms. The lowest BCUT2D eigenvalue weighted by Crippen LogP contribution is -2.61. The second-order valence-electron chi connectivity index (χ2n) is 21.3. The van der Waals surface area contributed by atoms with Crippen molar-refractivity contribution in [3.05, 3.63) is 83.7 Å². The number of allylic oxidation sites excluding steroid dienone is 1. The summed E-state index contributed by atoms with van der Waals surface area (Å²) in [5.74, 6) is -9.07. The lowest BCUT2D eigenvalue weighted by atomic mass is 10.0. The summed E-state index contributed by atoms with van der Waals surface area (Å²) in [7, 11) is 2.05. The molecule has 0 saturated carbocycles.